The molecule has 1 amide bonds. The third kappa shape index (κ3) is 2.56. The largest absolute Gasteiger partial charge is 0.480 e. The van der Waals surface area contributed by atoms with E-state index in [-0.39, 0.29) is 31.3 Å². The third-order valence-corrected chi connectivity index (χ3v) is 2.55. The van der Waals surface area contributed by atoms with Gasteiger partial charge in [0, 0.05) is 25.5 Å². The van der Waals surface area contributed by atoms with Crippen molar-refractivity contribution in [1.29, 1.82) is 0 Å². The van der Waals surface area contributed by atoms with Gasteiger partial charge in [-0.25, -0.2) is 4.79 Å². The number of carbonyl (C=O) groups is 2. The summed E-state index contributed by atoms with van der Waals surface area (Å²) in [6.07, 6.45) is 1.95. The Kier molecular flexibility index (Phi) is 3.85. The molecule has 1 aliphatic heterocycles. The number of aliphatic hydroxyl groups is 1. The molecule has 1 heterocycles. The number of aliphatic hydroxyl groups excluding tert-OH is 1. The highest BCUT2D eigenvalue weighted by molar-refractivity contribution is 5.85. The fraction of sp³-hybridized carbons (Fsp3) is 0.600. The molecule has 0 bridgehead atoms. The number of amides is 1. The SMILES string of the molecule is C=CC[C@@H](C(=O)O)N1CC(CO)CC1=O. The molecule has 0 radical (unpaired) electrons. The number of carboxylic acid groups (broad SMARTS) is 1. The summed E-state index contributed by atoms with van der Waals surface area (Å²) in [5.41, 5.74) is 0. The average molecular weight is 213 g/mol. The molecule has 84 valence electrons. The lowest BCUT2D eigenvalue weighted by Gasteiger charge is -2.23. The van der Waals surface area contributed by atoms with Gasteiger partial charge in [-0.15, -0.1) is 6.58 Å². The molecule has 5 heteroatoms. The number of carboxylic acids is 1. The Balaban J connectivity index is 2.72. The van der Waals surface area contributed by atoms with Crippen molar-refractivity contribution in [3.05, 3.63) is 12.7 Å². The van der Waals surface area contributed by atoms with Crippen LogP contribution in [0.4, 0.5) is 0 Å². The van der Waals surface area contributed by atoms with Crippen LogP contribution in [-0.4, -0.2) is 46.2 Å². The lowest BCUT2D eigenvalue weighted by atomic mass is 10.1. The van der Waals surface area contributed by atoms with Gasteiger partial charge in [0.1, 0.15) is 6.04 Å². The Morgan fingerprint density at radius 1 is 1.73 bits per heavy atom. The molecule has 0 aromatic carbocycles. The van der Waals surface area contributed by atoms with Gasteiger partial charge in [0.15, 0.2) is 0 Å². The molecule has 1 fully saturated rings. The predicted octanol–water partition coefficient (Wildman–Crippen LogP) is -0.144. The van der Waals surface area contributed by atoms with Gasteiger partial charge in [0.2, 0.25) is 5.91 Å². The normalized spacial score (nSPS) is 22.9. The number of nitrogens with zero attached hydrogens (tertiary/aromatic N) is 1. The van der Waals surface area contributed by atoms with Crippen LogP contribution < -0.4 is 0 Å². The Morgan fingerprint density at radius 2 is 2.40 bits per heavy atom. The van der Waals surface area contributed by atoms with Gasteiger partial charge in [-0.3, -0.25) is 4.79 Å². The molecule has 0 spiro atoms. The van der Waals surface area contributed by atoms with Crippen LogP contribution in [0.15, 0.2) is 12.7 Å². The smallest absolute Gasteiger partial charge is 0.326 e. The lowest BCUT2D eigenvalue weighted by Crippen LogP contribution is -2.42. The zero-order valence-corrected chi connectivity index (χ0v) is 8.43. The summed E-state index contributed by atoms with van der Waals surface area (Å²) in [4.78, 5) is 23.7. The maximum atomic E-state index is 11.5. The summed E-state index contributed by atoms with van der Waals surface area (Å²) < 4.78 is 0. The summed E-state index contributed by atoms with van der Waals surface area (Å²) in [5.74, 6) is -1.37. The van der Waals surface area contributed by atoms with Crippen molar-refractivity contribution in [3.63, 3.8) is 0 Å². The highest BCUT2D eigenvalue weighted by atomic mass is 16.4. The summed E-state index contributed by atoms with van der Waals surface area (Å²) in [6.45, 7) is 3.71. The number of rotatable bonds is 5. The molecule has 0 aromatic rings. The third-order valence-electron chi connectivity index (χ3n) is 2.55. The topological polar surface area (TPSA) is 77.8 Å². The van der Waals surface area contributed by atoms with Crippen molar-refractivity contribution >= 4 is 11.9 Å². The van der Waals surface area contributed by atoms with E-state index in [1.807, 2.05) is 0 Å². The van der Waals surface area contributed by atoms with Crippen molar-refractivity contribution in [1.82, 2.24) is 4.90 Å². The summed E-state index contributed by atoms with van der Waals surface area (Å²) in [5, 5.41) is 17.8. The second kappa shape index (κ2) is 4.93. The first-order chi connectivity index (χ1) is 7.10. The van der Waals surface area contributed by atoms with E-state index in [1.54, 1.807) is 0 Å². The molecule has 0 aliphatic carbocycles. The second-order valence-electron chi connectivity index (χ2n) is 3.68. The van der Waals surface area contributed by atoms with Crippen LogP contribution >= 0.6 is 0 Å². The van der Waals surface area contributed by atoms with Gasteiger partial charge in [-0.05, 0) is 6.42 Å². The number of hydrogen-bond donors (Lipinski definition) is 2. The van der Waals surface area contributed by atoms with Crippen LogP contribution in [0.25, 0.3) is 0 Å². The summed E-state index contributed by atoms with van der Waals surface area (Å²) in [6, 6.07) is -0.841. The van der Waals surface area contributed by atoms with Gasteiger partial charge in [0.05, 0.1) is 0 Å². The van der Waals surface area contributed by atoms with E-state index in [0.29, 0.717) is 6.54 Å². The Bertz CT molecular complexity index is 277. The van der Waals surface area contributed by atoms with Crippen LogP contribution in [0.2, 0.25) is 0 Å². The Hall–Kier alpha value is -1.36. The average Bonchev–Trinajstić information content (AvgIpc) is 2.55. The molecule has 1 unspecified atom stereocenters. The number of hydrogen-bond acceptors (Lipinski definition) is 3. The minimum absolute atomic E-state index is 0.0807. The summed E-state index contributed by atoms with van der Waals surface area (Å²) >= 11 is 0. The van der Waals surface area contributed by atoms with Crippen molar-refractivity contribution in [2.24, 2.45) is 5.92 Å². The second-order valence-corrected chi connectivity index (χ2v) is 3.68. The monoisotopic (exact) mass is 213 g/mol. The van der Waals surface area contributed by atoms with Gasteiger partial charge < -0.3 is 15.1 Å². The minimum Gasteiger partial charge on any atom is -0.480 e. The first-order valence-corrected chi connectivity index (χ1v) is 4.84. The molecular formula is C10H15NO4. The van der Waals surface area contributed by atoms with Crippen LogP contribution in [-0.2, 0) is 9.59 Å². The first-order valence-electron chi connectivity index (χ1n) is 4.84. The molecule has 1 saturated heterocycles. The highest BCUT2D eigenvalue weighted by Gasteiger charge is 2.36. The molecule has 2 atom stereocenters. The zero-order valence-electron chi connectivity index (χ0n) is 8.43. The Morgan fingerprint density at radius 3 is 2.80 bits per heavy atom. The van der Waals surface area contributed by atoms with Crippen LogP contribution in [0.5, 0.6) is 0 Å². The zero-order chi connectivity index (χ0) is 11.4. The van der Waals surface area contributed by atoms with Crippen molar-refractivity contribution in [2.45, 2.75) is 18.9 Å². The van der Waals surface area contributed by atoms with Crippen molar-refractivity contribution in [2.75, 3.05) is 13.2 Å². The number of carbonyl (C=O) groups excluding carboxylic acids is 1. The van der Waals surface area contributed by atoms with E-state index in [9.17, 15) is 9.59 Å². The van der Waals surface area contributed by atoms with E-state index in [2.05, 4.69) is 6.58 Å². The maximum absolute atomic E-state index is 11.5. The minimum atomic E-state index is -1.03. The van der Waals surface area contributed by atoms with E-state index in [1.165, 1.54) is 11.0 Å². The fourth-order valence-corrected chi connectivity index (χ4v) is 1.75. The van der Waals surface area contributed by atoms with Crippen molar-refractivity contribution in [3.8, 4) is 0 Å². The van der Waals surface area contributed by atoms with Crippen LogP contribution in [0.1, 0.15) is 12.8 Å². The van der Waals surface area contributed by atoms with E-state index in [4.69, 9.17) is 10.2 Å². The molecule has 15 heavy (non-hydrogen) atoms. The quantitative estimate of drug-likeness (QED) is 0.623. The van der Waals surface area contributed by atoms with Gasteiger partial charge in [0.25, 0.3) is 0 Å². The van der Waals surface area contributed by atoms with Crippen LogP contribution in [0.3, 0.4) is 0 Å². The predicted molar refractivity (Wildman–Crippen MR) is 53.1 cm³/mol. The molecule has 0 aromatic heterocycles. The van der Waals surface area contributed by atoms with Gasteiger partial charge in [-0.2, -0.15) is 0 Å². The van der Waals surface area contributed by atoms with Gasteiger partial charge in [-0.1, -0.05) is 6.08 Å². The number of aliphatic carboxylic acids is 1. The molecule has 1 aliphatic rings. The molecule has 1 rings (SSSR count). The van der Waals surface area contributed by atoms with Crippen LogP contribution in [0, 0.1) is 5.92 Å². The van der Waals surface area contributed by atoms with E-state index in [0.717, 1.165) is 0 Å². The summed E-state index contributed by atoms with van der Waals surface area (Å²) in [7, 11) is 0. The lowest BCUT2D eigenvalue weighted by molar-refractivity contribution is -0.148. The standard InChI is InChI=1S/C10H15NO4/c1-2-3-8(10(14)15)11-5-7(6-12)4-9(11)13/h2,7-8,12H,1,3-6H2,(H,14,15)/t7?,8-/m0/s1. The van der Waals surface area contributed by atoms with E-state index < -0.39 is 12.0 Å². The van der Waals surface area contributed by atoms with Crippen molar-refractivity contribution < 1.29 is 19.8 Å². The molecule has 2 N–H and O–H groups in total. The number of likely N-dealkylation sites (tertiary alicyclic amines) is 1. The molecule has 0 saturated carbocycles. The Labute approximate surface area is 88.0 Å². The molecular weight excluding hydrogens is 198 g/mol. The van der Waals surface area contributed by atoms with Gasteiger partial charge >= 0.3 is 5.97 Å². The maximum Gasteiger partial charge on any atom is 0.326 e. The van der Waals surface area contributed by atoms with E-state index >= 15 is 0 Å². The molecule has 5 nitrogen and oxygen atoms in total. The fourth-order valence-electron chi connectivity index (χ4n) is 1.75. The first kappa shape index (κ1) is 11.7. The highest BCUT2D eigenvalue weighted by Crippen LogP contribution is 2.21.